The van der Waals surface area contributed by atoms with Crippen molar-refractivity contribution in [1.29, 1.82) is 0 Å². The molecule has 80 valence electrons. The maximum absolute atomic E-state index is 10.8. The summed E-state index contributed by atoms with van der Waals surface area (Å²) < 4.78 is 0. The van der Waals surface area contributed by atoms with Crippen LogP contribution in [0.4, 0.5) is 11.4 Å². The first-order chi connectivity index (χ1) is 7.79. The molecular formula is C12H9ClN2O. The topological polar surface area (TPSA) is 42.0 Å². The molecule has 1 aromatic carbocycles. The van der Waals surface area contributed by atoms with Crippen LogP contribution in [-0.2, 0) is 0 Å². The lowest BCUT2D eigenvalue weighted by Crippen LogP contribution is -1.95. The molecular weight excluding hydrogens is 224 g/mol. The van der Waals surface area contributed by atoms with E-state index in [2.05, 4.69) is 10.3 Å². The molecule has 1 aromatic heterocycles. The van der Waals surface area contributed by atoms with Gasteiger partial charge in [-0.2, -0.15) is 0 Å². The first kappa shape index (κ1) is 10.6. The first-order valence-electron chi connectivity index (χ1n) is 4.71. The second-order valence-corrected chi connectivity index (χ2v) is 3.65. The molecule has 1 heterocycles. The van der Waals surface area contributed by atoms with Crippen LogP contribution in [0.25, 0.3) is 0 Å². The smallest absolute Gasteiger partial charge is 0.153 e. The summed E-state index contributed by atoms with van der Waals surface area (Å²) in [5.74, 6) is 0. The standard InChI is InChI=1S/C12H9ClN2O/c13-10-2-1-3-11(6-10)15-12-4-5-14-7-9(12)8-16/h1-8H,(H,14,15). The average Bonchev–Trinajstić information content (AvgIpc) is 2.30. The first-order valence-corrected chi connectivity index (χ1v) is 5.09. The zero-order chi connectivity index (χ0) is 11.4. The fraction of sp³-hybridized carbons (Fsp3) is 0. The molecule has 2 rings (SSSR count). The van der Waals surface area contributed by atoms with Gasteiger partial charge in [-0.15, -0.1) is 0 Å². The highest BCUT2D eigenvalue weighted by Crippen LogP contribution is 2.21. The molecule has 0 amide bonds. The quantitative estimate of drug-likeness (QED) is 0.826. The number of hydrogen-bond acceptors (Lipinski definition) is 3. The Kier molecular flexibility index (Phi) is 3.17. The number of aromatic nitrogens is 1. The van der Waals surface area contributed by atoms with Crippen LogP contribution in [0.15, 0.2) is 42.7 Å². The predicted molar refractivity (Wildman–Crippen MR) is 64.4 cm³/mol. The summed E-state index contributed by atoms with van der Waals surface area (Å²) in [6, 6.07) is 9.04. The van der Waals surface area contributed by atoms with Gasteiger partial charge in [-0.1, -0.05) is 17.7 Å². The Bertz CT molecular complexity index is 514. The number of hydrogen-bond donors (Lipinski definition) is 1. The number of carbonyl (C=O) groups excluding carboxylic acids is 1. The molecule has 0 saturated carbocycles. The maximum Gasteiger partial charge on any atom is 0.153 e. The van der Waals surface area contributed by atoms with Crippen LogP contribution in [0.3, 0.4) is 0 Å². The Morgan fingerprint density at radius 3 is 2.94 bits per heavy atom. The average molecular weight is 233 g/mol. The van der Waals surface area contributed by atoms with Gasteiger partial charge in [0.15, 0.2) is 6.29 Å². The van der Waals surface area contributed by atoms with E-state index in [0.29, 0.717) is 16.3 Å². The zero-order valence-corrected chi connectivity index (χ0v) is 9.11. The summed E-state index contributed by atoms with van der Waals surface area (Å²) in [6.45, 7) is 0. The third-order valence-corrected chi connectivity index (χ3v) is 2.32. The predicted octanol–water partition coefficient (Wildman–Crippen LogP) is 3.29. The van der Waals surface area contributed by atoms with Crippen LogP contribution in [0.2, 0.25) is 5.02 Å². The lowest BCUT2D eigenvalue weighted by Gasteiger charge is -2.08. The largest absolute Gasteiger partial charge is 0.355 e. The Hall–Kier alpha value is -1.87. The number of nitrogens with one attached hydrogen (secondary N) is 1. The Morgan fingerprint density at radius 1 is 1.31 bits per heavy atom. The molecule has 0 bridgehead atoms. The van der Waals surface area contributed by atoms with Crippen LogP contribution in [0, 0.1) is 0 Å². The fourth-order valence-corrected chi connectivity index (χ4v) is 1.53. The molecule has 0 spiro atoms. The van der Waals surface area contributed by atoms with Crippen LogP contribution < -0.4 is 5.32 Å². The lowest BCUT2D eigenvalue weighted by atomic mass is 10.2. The van der Waals surface area contributed by atoms with Crippen molar-refractivity contribution in [3.8, 4) is 0 Å². The lowest BCUT2D eigenvalue weighted by molar-refractivity contribution is 0.112. The SMILES string of the molecule is O=Cc1cnccc1Nc1cccc(Cl)c1. The Morgan fingerprint density at radius 2 is 2.19 bits per heavy atom. The highest BCUT2D eigenvalue weighted by atomic mass is 35.5. The number of rotatable bonds is 3. The van der Waals surface area contributed by atoms with Crippen molar-refractivity contribution in [3.05, 3.63) is 53.3 Å². The van der Waals surface area contributed by atoms with E-state index in [-0.39, 0.29) is 0 Å². The van der Waals surface area contributed by atoms with Crippen molar-refractivity contribution in [1.82, 2.24) is 4.98 Å². The van der Waals surface area contributed by atoms with Gasteiger partial charge in [0, 0.05) is 23.1 Å². The number of nitrogens with zero attached hydrogens (tertiary/aromatic N) is 1. The second-order valence-electron chi connectivity index (χ2n) is 3.22. The van der Waals surface area contributed by atoms with Crippen molar-refractivity contribution in [2.45, 2.75) is 0 Å². The van der Waals surface area contributed by atoms with Crippen LogP contribution in [0.1, 0.15) is 10.4 Å². The number of anilines is 2. The molecule has 0 radical (unpaired) electrons. The molecule has 0 atom stereocenters. The molecule has 0 unspecified atom stereocenters. The monoisotopic (exact) mass is 232 g/mol. The number of aldehydes is 1. The minimum absolute atomic E-state index is 0.516. The third kappa shape index (κ3) is 2.38. The summed E-state index contributed by atoms with van der Waals surface area (Å²) in [5, 5.41) is 3.75. The maximum atomic E-state index is 10.8. The minimum atomic E-state index is 0.516. The minimum Gasteiger partial charge on any atom is -0.355 e. The van der Waals surface area contributed by atoms with Crippen molar-refractivity contribution in [2.75, 3.05) is 5.32 Å². The van der Waals surface area contributed by atoms with E-state index >= 15 is 0 Å². The van der Waals surface area contributed by atoms with Gasteiger partial charge in [0.1, 0.15) is 0 Å². The molecule has 0 aliphatic rings. The molecule has 4 heteroatoms. The number of halogens is 1. The van der Waals surface area contributed by atoms with Gasteiger partial charge in [-0.25, -0.2) is 0 Å². The van der Waals surface area contributed by atoms with E-state index in [0.717, 1.165) is 12.0 Å². The Balaban J connectivity index is 2.30. The van der Waals surface area contributed by atoms with Crippen molar-refractivity contribution >= 4 is 29.3 Å². The van der Waals surface area contributed by atoms with Gasteiger partial charge in [0.2, 0.25) is 0 Å². The zero-order valence-electron chi connectivity index (χ0n) is 8.35. The van der Waals surface area contributed by atoms with E-state index in [1.54, 1.807) is 24.4 Å². The van der Waals surface area contributed by atoms with E-state index in [1.165, 1.54) is 6.20 Å². The van der Waals surface area contributed by atoms with Gasteiger partial charge in [0.25, 0.3) is 0 Å². The highest BCUT2D eigenvalue weighted by Gasteiger charge is 2.01. The van der Waals surface area contributed by atoms with Crippen LogP contribution in [-0.4, -0.2) is 11.3 Å². The highest BCUT2D eigenvalue weighted by molar-refractivity contribution is 6.30. The van der Waals surface area contributed by atoms with Crippen molar-refractivity contribution in [2.24, 2.45) is 0 Å². The Labute approximate surface area is 98.1 Å². The summed E-state index contributed by atoms with van der Waals surface area (Å²) in [7, 11) is 0. The summed E-state index contributed by atoms with van der Waals surface area (Å²) in [6.07, 6.45) is 3.90. The van der Waals surface area contributed by atoms with Gasteiger partial charge >= 0.3 is 0 Å². The molecule has 0 aliphatic carbocycles. The number of carbonyl (C=O) groups is 1. The number of pyridine rings is 1. The molecule has 3 nitrogen and oxygen atoms in total. The second kappa shape index (κ2) is 4.77. The third-order valence-electron chi connectivity index (χ3n) is 2.08. The summed E-state index contributed by atoms with van der Waals surface area (Å²) in [4.78, 5) is 14.7. The van der Waals surface area contributed by atoms with E-state index in [1.807, 2.05) is 12.1 Å². The van der Waals surface area contributed by atoms with Gasteiger partial charge in [-0.3, -0.25) is 9.78 Å². The molecule has 0 saturated heterocycles. The van der Waals surface area contributed by atoms with E-state index in [9.17, 15) is 4.79 Å². The van der Waals surface area contributed by atoms with Crippen LogP contribution >= 0.6 is 11.6 Å². The molecule has 2 aromatic rings. The van der Waals surface area contributed by atoms with Gasteiger partial charge in [0.05, 0.1) is 11.3 Å². The molecule has 0 fully saturated rings. The normalized spacial score (nSPS) is 9.81. The van der Waals surface area contributed by atoms with Gasteiger partial charge in [-0.05, 0) is 24.3 Å². The summed E-state index contributed by atoms with van der Waals surface area (Å²) in [5.41, 5.74) is 2.07. The summed E-state index contributed by atoms with van der Waals surface area (Å²) >= 11 is 5.86. The van der Waals surface area contributed by atoms with E-state index < -0.39 is 0 Å². The van der Waals surface area contributed by atoms with Crippen molar-refractivity contribution < 1.29 is 4.79 Å². The molecule has 0 aliphatic heterocycles. The van der Waals surface area contributed by atoms with E-state index in [4.69, 9.17) is 11.6 Å². The number of benzene rings is 1. The molecule has 16 heavy (non-hydrogen) atoms. The fourth-order valence-electron chi connectivity index (χ4n) is 1.34. The van der Waals surface area contributed by atoms with Crippen molar-refractivity contribution in [3.63, 3.8) is 0 Å². The van der Waals surface area contributed by atoms with Crippen LogP contribution in [0.5, 0.6) is 0 Å². The van der Waals surface area contributed by atoms with Gasteiger partial charge < -0.3 is 5.32 Å². The molecule has 1 N–H and O–H groups in total.